The average Bonchev–Trinajstić information content (AvgIpc) is 2.38. The topological polar surface area (TPSA) is 66.6 Å². The van der Waals surface area contributed by atoms with Gasteiger partial charge in [-0.05, 0) is 24.1 Å². The molecule has 106 valence electrons. The zero-order valence-corrected chi connectivity index (χ0v) is 11.9. The minimum Gasteiger partial charge on any atom is -0.481 e. The van der Waals surface area contributed by atoms with Gasteiger partial charge in [-0.1, -0.05) is 19.1 Å². The summed E-state index contributed by atoms with van der Waals surface area (Å²) in [6.07, 6.45) is 0.997. The Kier molecular flexibility index (Phi) is 6.67. The quantitative estimate of drug-likeness (QED) is 0.720. The Morgan fingerprint density at radius 3 is 2.47 bits per heavy atom. The largest absolute Gasteiger partial charge is 0.481 e. The molecule has 0 aliphatic rings. The van der Waals surface area contributed by atoms with Crippen molar-refractivity contribution in [1.29, 1.82) is 0 Å². The summed E-state index contributed by atoms with van der Waals surface area (Å²) in [5.41, 5.74) is 7.76. The minimum absolute atomic E-state index is 0.0559. The number of hydrogen-bond donors (Lipinski definition) is 2. The number of hydrogen-bond acceptors (Lipinski definition) is 3. The second-order valence-corrected chi connectivity index (χ2v) is 4.85. The number of anilines is 1. The van der Waals surface area contributed by atoms with Gasteiger partial charge >= 0.3 is 5.97 Å². The highest BCUT2D eigenvalue weighted by Gasteiger charge is 2.11. The van der Waals surface area contributed by atoms with Crippen LogP contribution in [0.25, 0.3) is 0 Å². The van der Waals surface area contributed by atoms with Gasteiger partial charge < -0.3 is 15.7 Å². The van der Waals surface area contributed by atoms with Crippen molar-refractivity contribution < 1.29 is 9.90 Å². The SMILES string of the molecule is CCCN(CCCl)c1ccc(C(N)CC(=O)O)cc1. The molecule has 1 atom stereocenters. The van der Waals surface area contributed by atoms with Gasteiger partial charge in [-0.2, -0.15) is 0 Å². The lowest BCUT2D eigenvalue weighted by atomic mass is 10.0. The number of alkyl halides is 1. The summed E-state index contributed by atoms with van der Waals surface area (Å²) >= 11 is 5.79. The van der Waals surface area contributed by atoms with E-state index in [1.54, 1.807) is 0 Å². The van der Waals surface area contributed by atoms with Gasteiger partial charge in [0.2, 0.25) is 0 Å². The molecule has 0 aromatic heterocycles. The first kappa shape index (κ1) is 15.8. The normalized spacial score (nSPS) is 12.2. The van der Waals surface area contributed by atoms with Crippen LogP contribution in [0, 0.1) is 0 Å². The van der Waals surface area contributed by atoms with Crippen molar-refractivity contribution in [1.82, 2.24) is 0 Å². The van der Waals surface area contributed by atoms with Crippen molar-refractivity contribution in [3.8, 4) is 0 Å². The number of nitrogens with two attached hydrogens (primary N) is 1. The number of halogens is 1. The van der Waals surface area contributed by atoms with Crippen LogP contribution in [0.5, 0.6) is 0 Å². The Hall–Kier alpha value is -1.26. The number of carboxylic acid groups (broad SMARTS) is 1. The van der Waals surface area contributed by atoms with E-state index in [-0.39, 0.29) is 6.42 Å². The maximum Gasteiger partial charge on any atom is 0.305 e. The average molecular weight is 285 g/mol. The summed E-state index contributed by atoms with van der Waals surface area (Å²) in [4.78, 5) is 12.8. The molecule has 0 saturated carbocycles. The number of nitrogens with zero attached hydrogens (tertiary/aromatic N) is 1. The molecule has 1 aromatic carbocycles. The lowest BCUT2D eigenvalue weighted by Crippen LogP contribution is -2.26. The van der Waals surface area contributed by atoms with Crippen molar-refractivity contribution in [3.05, 3.63) is 29.8 Å². The first-order chi connectivity index (χ1) is 9.08. The van der Waals surface area contributed by atoms with Crippen molar-refractivity contribution >= 4 is 23.3 Å². The van der Waals surface area contributed by atoms with E-state index in [2.05, 4.69) is 11.8 Å². The second kappa shape index (κ2) is 8.02. The molecule has 4 nitrogen and oxygen atoms in total. The molecule has 0 spiro atoms. The van der Waals surface area contributed by atoms with Crippen LogP contribution < -0.4 is 10.6 Å². The molecular weight excluding hydrogens is 264 g/mol. The van der Waals surface area contributed by atoms with Gasteiger partial charge in [-0.15, -0.1) is 11.6 Å². The summed E-state index contributed by atoms with van der Waals surface area (Å²) in [7, 11) is 0. The molecule has 0 heterocycles. The number of aliphatic carboxylic acids is 1. The van der Waals surface area contributed by atoms with Crippen molar-refractivity contribution in [3.63, 3.8) is 0 Å². The molecule has 1 unspecified atom stereocenters. The summed E-state index contributed by atoms with van der Waals surface area (Å²) in [5.74, 6) is -0.299. The van der Waals surface area contributed by atoms with Gasteiger partial charge in [-0.3, -0.25) is 4.79 Å². The maximum atomic E-state index is 10.6. The third-order valence-electron chi connectivity index (χ3n) is 2.93. The van der Waals surface area contributed by atoms with E-state index in [0.29, 0.717) is 5.88 Å². The van der Waals surface area contributed by atoms with Crippen molar-refractivity contribution in [2.75, 3.05) is 23.9 Å². The molecule has 0 fully saturated rings. The highest BCUT2D eigenvalue weighted by molar-refractivity contribution is 6.18. The van der Waals surface area contributed by atoms with Crippen LogP contribution in [0.3, 0.4) is 0 Å². The molecule has 3 N–H and O–H groups in total. The Bertz CT molecular complexity index is 389. The summed E-state index contributed by atoms with van der Waals surface area (Å²) in [5, 5.41) is 8.73. The Morgan fingerprint density at radius 2 is 2.00 bits per heavy atom. The van der Waals surface area contributed by atoms with Gasteiger partial charge in [0, 0.05) is 30.7 Å². The zero-order chi connectivity index (χ0) is 14.3. The molecule has 1 aromatic rings. The van der Waals surface area contributed by atoms with Crippen LogP contribution in [0.1, 0.15) is 31.4 Å². The zero-order valence-electron chi connectivity index (χ0n) is 11.2. The monoisotopic (exact) mass is 284 g/mol. The lowest BCUT2D eigenvalue weighted by molar-refractivity contribution is -0.137. The summed E-state index contributed by atoms with van der Waals surface area (Å²) in [6.45, 7) is 3.88. The third kappa shape index (κ3) is 5.09. The lowest BCUT2D eigenvalue weighted by Gasteiger charge is -2.23. The molecular formula is C14H21ClN2O2. The van der Waals surface area contributed by atoms with Gasteiger partial charge in [0.05, 0.1) is 6.42 Å². The number of rotatable bonds is 8. The first-order valence-electron chi connectivity index (χ1n) is 6.46. The Balaban J connectivity index is 2.76. The third-order valence-corrected chi connectivity index (χ3v) is 3.10. The van der Waals surface area contributed by atoms with E-state index in [0.717, 1.165) is 30.8 Å². The van der Waals surface area contributed by atoms with Crippen LogP contribution in [0.15, 0.2) is 24.3 Å². The van der Waals surface area contributed by atoms with Gasteiger partial charge in [0.1, 0.15) is 0 Å². The van der Waals surface area contributed by atoms with E-state index < -0.39 is 12.0 Å². The highest BCUT2D eigenvalue weighted by atomic mass is 35.5. The van der Waals surface area contributed by atoms with E-state index >= 15 is 0 Å². The van der Waals surface area contributed by atoms with E-state index in [9.17, 15) is 4.79 Å². The highest BCUT2D eigenvalue weighted by Crippen LogP contribution is 2.20. The molecule has 0 aliphatic heterocycles. The van der Waals surface area contributed by atoms with Gasteiger partial charge in [0.25, 0.3) is 0 Å². The van der Waals surface area contributed by atoms with E-state index in [4.69, 9.17) is 22.4 Å². The predicted molar refractivity (Wildman–Crippen MR) is 78.8 cm³/mol. The summed E-state index contributed by atoms with van der Waals surface area (Å²) < 4.78 is 0. The first-order valence-corrected chi connectivity index (χ1v) is 7.00. The van der Waals surface area contributed by atoms with Crippen LogP contribution in [0.4, 0.5) is 5.69 Å². The van der Waals surface area contributed by atoms with Crippen LogP contribution >= 0.6 is 11.6 Å². The molecule has 1 rings (SSSR count). The fourth-order valence-electron chi connectivity index (χ4n) is 1.98. The smallest absolute Gasteiger partial charge is 0.305 e. The van der Waals surface area contributed by atoms with Crippen LogP contribution in [-0.2, 0) is 4.79 Å². The second-order valence-electron chi connectivity index (χ2n) is 4.47. The fraction of sp³-hybridized carbons (Fsp3) is 0.500. The van der Waals surface area contributed by atoms with E-state index in [1.807, 2.05) is 24.3 Å². The molecule has 0 radical (unpaired) electrons. The van der Waals surface area contributed by atoms with Gasteiger partial charge in [-0.25, -0.2) is 0 Å². The van der Waals surface area contributed by atoms with Crippen molar-refractivity contribution in [2.24, 2.45) is 5.73 Å². The minimum atomic E-state index is -0.883. The molecule has 0 aliphatic carbocycles. The van der Waals surface area contributed by atoms with E-state index in [1.165, 1.54) is 0 Å². The number of carbonyl (C=O) groups is 1. The van der Waals surface area contributed by atoms with Crippen LogP contribution in [-0.4, -0.2) is 30.0 Å². The maximum absolute atomic E-state index is 10.6. The van der Waals surface area contributed by atoms with Crippen LogP contribution in [0.2, 0.25) is 0 Å². The molecule has 0 amide bonds. The number of benzene rings is 1. The number of carboxylic acids is 1. The van der Waals surface area contributed by atoms with Crippen molar-refractivity contribution in [2.45, 2.75) is 25.8 Å². The molecule has 0 bridgehead atoms. The molecule has 5 heteroatoms. The predicted octanol–water partition coefficient (Wildman–Crippen LogP) is 2.62. The summed E-state index contributed by atoms with van der Waals surface area (Å²) in [6, 6.07) is 7.26. The molecule has 0 saturated heterocycles. The standard InChI is InChI=1S/C14H21ClN2O2/c1-2-8-17(9-7-15)12-5-3-11(4-6-12)13(16)10-14(18)19/h3-6,13H,2,7-10,16H2,1H3,(H,18,19). The Labute approximate surface area is 119 Å². The fourth-order valence-corrected chi connectivity index (χ4v) is 2.18. The van der Waals surface area contributed by atoms with Gasteiger partial charge in [0.15, 0.2) is 0 Å². The molecule has 19 heavy (non-hydrogen) atoms. The Morgan fingerprint density at radius 1 is 1.37 bits per heavy atom.